The van der Waals surface area contributed by atoms with Crippen molar-refractivity contribution >= 4 is 5.91 Å². The summed E-state index contributed by atoms with van der Waals surface area (Å²) in [6.45, 7) is 3.97. The molecule has 0 saturated carbocycles. The van der Waals surface area contributed by atoms with Crippen LogP contribution in [0.5, 0.6) is 0 Å². The summed E-state index contributed by atoms with van der Waals surface area (Å²) in [7, 11) is 0. The van der Waals surface area contributed by atoms with E-state index in [1.165, 1.54) is 0 Å². The standard InChI is InChI=1S/C12H21N3O/c1-2-5-11(10-13)12(16)14-6-9-15-7-3-4-8-15/h3-4,7-8,11H,2,5-6,9-10,13H2,1H3,(H,14,16). The summed E-state index contributed by atoms with van der Waals surface area (Å²) in [6, 6.07) is 3.95. The van der Waals surface area contributed by atoms with Gasteiger partial charge in [-0.1, -0.05) is 13.3 Å². The Balaban J connectivity index is 2.23. The first-order valence-electron chi connectivity index (χ1n) is 5.86. The van der Waals surface area contributed by atoms with Gasteiger partial charge in [-0.25, -0.2) is 0 Å². The van der Waals surface area contributed by atoms with Crippen molar-refractivity contribution in [1.82, 2.24) is 9.88 Å². The Morgan fingerprint density at radius 3 is 2.69 bits per heavy atom. The van der Waals surface area contributed by atoms with Gasteiger partial charge in [0.15, 0.2) is 0 Å². The van der Waals surface area contributed by atoms with Gasteiger partial charge in [0.2, 0.25) is 5.91 Å². The van der Waals surface area contributed by atoms with E-state index in [-0.39, 0.29) is 11.8 Å². The fourth-order valence-electron chi connectivity index (χ4n) is 1.68. The maximum Gasteiger partial charge on any atom is 0.224 e. The van der Waals surface area contributed by atoms with Crippen molar-refractivity contribution in [3.8, 4) is 0 Å². The van der Waals surface area contributed by atoms with Gasteiger partial charge in [-0.2, -0.15) is 0 Å². The third-order valence-electron chi connectivity index (χ3n) is 2.63. The maximum absolute atomic E-state index is 11.7. The Bertz CT molecular complexity index is 295. The largest absolute Gasteiger partial charge is 0.354 e. The van der Waals surface area contributed by atoms with Crippen molar-refractivity contribution in [3.05, 3.63) is 24.5 Å². The van der Waals surface area contributed by atoms with E-state index in [0.717, 1.165) is 19.4 Å². The number of carbonyl (C=O) groups excluding carboxylic acids is 1. The number of carbonyl (C=O) groups is 1. The number of nitrogens with zero attached hydrogens (tertiary/aromatic N) is 1. The Morgan fingerprint density at radius 2 is 2.12 bits per heavy atom. The zero-order valence-electron chi connectivity index (χ0n) is 9.86. The minimum Gasteiger partial charge on any atom is -0.354 e. The third kappa shape index (κ3) is 4.06. The second kappa shape index (κ2) is 7.06. The summed E-state index contributed by atoms with van der Waals surface area (Å²) in [4.78, 5) is 11.7. The van der Waals surface area contributed by atoms with Crippen molar-refractivity contribution < 1.29 is 4.79 Å². The van der Waals surface area contributed by atoms with E-state index < -0.39 is 0 Å². The van der Waals surface area contributed by atoms with Crippen LogP contribution in [0.2, 0.25) is 0 Å². The van der Waals surface area contributed by atoms with Gasteiger partial charge in [-0.05, 0) is 18.6 Å². The van der Waals surface area contributed by atoms with E-state index >= 15 is 0 Å². The molecule has 1 atom stereocenters. The molecule has 0 fully saturated rings. The average molecular weight is 223 g/mol. The molecule has 0 aliphatic heterocycles. The lowest BCUT2D eigenvalue weighted by Gasteiger charge is -2.13. The van der Waals surface area contributed by atoms with Crippen LogP contribution in [-0.4, -0.2) is 23.6 Å². The van der Waals surface area contributed by atoms with Gasteiger partial charge >= 0.3 is 0 Å². The zero-order valence-corrected chi connectivity index (χ0v) is 9.86. The summed E-state index contributed by atoms with van der Waals surface area (Å²) in [5, 5.41) is 2.92. The number of rotatable bonds is 7. The highest BCUT2D eigenvalue weighted by atomic mass is 16.1. The van der Waals surface area contributed by atoms with Gasteiger partial charge in [0.25, 0.3) is 0 Å². The molecule has 0 spiro atoms. The average Bonchev–Trinajstić information content (AvgIpc) is 2.78. The number of hydrogen-bond acceptors (Lipinski definition) is 2. The Labute approximate surface area is 96.8 Å². The quantitative estimate of drug-likeness (QED) is 0.724. The molecule has 4 nitrogen and oxygen atoms in total. The fourth-order valence-corrected chi connectivity index (χ4v) is 1.68. The van der Waals surface area contributed by atoms with Crippen molar-refractivity contribution in [2.24, 2.45) is 11.7 Å². The molecule has 0 bridgehead atoms. The molecular formula is C12H21N3O. The van der Waals surface area contributed by atoms with Crippen molar-refractivity contribution in [3.63, 3.8) is 0 Å². The highest BCUT2D eigenvalue weighted by Gasteiger charge is 2.14. The van der Waals surface area contributed by atoms with E-state index in [1.807, 2.05) is 29.1 Å². The lowest BCUT2D eigenvalue weighted by Crippen LogP contribution is -2.36. The highest BCUT2D eigenvalue weighted by Crippen LogP contribution is 2.03. The topological polar surface area (TPSA) is 60.1 Å². The molecule has 0 aliphatic carbocycles. The molecule has 1 unspecified atom stereocenters. The number of amides is 1. The lowest BCUT2D eigenvalue weighted by molar-refractivity contribution is -0.124. The third-order valence-corrected chi connectivity index (χ3v) is 2.63. The molecule has 1 heterocycles. The minimum atomic E-state index is -0.0327. The highest BCUT2D eigenvalue weighted by molar-refractivity contribution is 5.78. The maximum atomic E-state index is 11.7. The van der Waals surface area contributed by atoms with Crippen LogP contribution in [0.4, 0.5) is 0 Å². The van der Waals surface area contributed by atoms with Crippen LogP contribution in [0.3, 0.4) is 0 Å². The van der Waals surface area contributed by atoms with E-state index in [4.69, 9.17) is 5.73 Å². The first kappa shape index (κ1) is 12.8. The van der Waals surface area contributed by atoms with Crippen molar-refractivity contribution in [1.29, 1.82) is 0 Å². The molecule has 0 aliphatic rings. The molecule has 1 aromatic rings. The Hall–Kier alpha value is -1.29. The summed E-state index contributed by atoms with van der Waals surface area (Å²) in [6.07, 6.45) is 5.83. The summed E-state index contributed by atoms with van der Waals surface area (Å²) < 4.78 is 2.04. The van der Waals surface area contributed by atoms with Crippen LogP contribution >= 0.6 is 0 Å². The van der Waals surface area contributed by atoms with E-state index in [1.54, 1.807) is 0 Å². The predicted molar refractivity (Wildman–Crippen MR) is 64.9 cm³/mol. The van der Waals surface area contributed by atoms with Crippen molar-refractivity contribution in [2.45, 2.75) is 26.3 Å². The first-order chi connectivity index (χ1) is 7.77. The van der Waals surface area contributed by atoms with Crippen LogP contribution in [0.1, 0.15) is 19.8 Å². The molecule has 0 aromatic carbocycles. The van der Waals surface area contributed by atoms with E-state index in [2.05, 4.69) is 12.2 Å². The van der Waals surface area contributed by atoms with Crippen LogP contribution in [0.25, 0.3) is 0 Å². The smallest absolute Gasteiger partial charge is 0.224 e. The second-order valence-corrected chi connectivity index (χ2v) is 3.93. The van der Waals surface area contributed by atoms with Crippen LogP contribution in [0.15, 0.2) is 24.5 Å². The van der Waals surface area contributed by atoms with Gasteiger partial charge in [-0.3, -0.25) is 4.79 Å². The first-order valence-corrected chi connectivity index (χ1v) is 5.86. The Morgan fingerprint density at radius 1 is 1.44 bits per heavy atom. The van der Waals surface area contributed by atoms with Crippen LogP contribution in [-0.2, 0) is 11.3 Å². The number of nitrogens with two attached hydrogens (primary N) is 1. The Kier molecular flexibility index (Phi) is 5.64. The molecular weight excluding hydrogens is 202 g/mol. The van der Waals surface area contributed by atoms with E-state index in [9.17, 15) is 4.79 Å². The number of aromatic nitrogens is 1. The predicted octanol–water partition coefficient (Wildman–Crippen LogP) is 0.979. The van der Waals surface area contributed by atoms with Gasteiger partial charge < -0.3 is 15.6 Å². The zero-order chi connectivity index (χ0) is 11.8. The van der Waals surface area contributed by atoms with Crippen LogP contribution in [0, 0.1) is 5.92 Å². The molecule has 0 saturated heterocycles. The van der Waals surface area contributed by atoms with Gasteiger partial charge in [0.1, 0.15) is 0 Å². The molecule has 3 N–H and O–H groups in total. The van der Waals surface area contributed by atoms with E-state index in [0.29, 0.717) is 13.1 Å². The van der Waals surface area contributed by atoms with Crippen molar-refractivity contribution in [2.75, 3.05) is 13.1 Å². The molecule has 90 valence electrons. The minimum absolute atomic E-state index is 0.0327. The second-order valence-electron chi connectivity index (χ2n) is 3.93. The number of hydrogen-bond donors (Lipinski definition) is 2. The number of nitrogens with one attached hydrogen (secondary N) is 1. The van der Waals surface area contributed by atoms with Gasteiger partial charge in [0, 0.05) is 32.0 Å². The lowest BCUT2D eigenvalue weighted by atomic mass is 10.0. The van der Waals surface area contributed by atoms with Crippen LogP contribution < -0.4 is 11.1 Å². The SMILES string of the molecule is CCCC(CN)C(=O)NCCn1cccc1. The normalized spacial score (nSPS) is 12.4. The molecule has 1 amide bonds. The van der Waals surface area contributed by atoms with Gasteiger partial charge in [-0.15, -0.1) is 0 Å². The summed E-state index contributed by atoms with van der Waals surface area (Å²) in [5.41, 5.74) is 5.56. The molecule has 1 rings (SSSR count). The summed E-state index contributed by atoms with van der Waals surface area (Å²) >= 11 is 0. The molecule has 1 aromatic heterocycles. The fraction of sp³-hybridized carbons (Fsp3) is 0.583. The summed E-state index contributed by atoms with van der Waals surface area (Å²) in [5.74, 6) is 0.0474. The molecule has 4 heteroatoms. The monoisotopic (exact) mass is 223 g/mol. The molecule has 0 radical (unpaired) electrons. The molecule has 16 heavy (non-hydrogen) atoms. The van der Waals surface area contributed by atoms with Gasteiger partial charge in [0.05, 0.1) is 5.92 Å².